The van der Waals surface area contributed by atoms with E-state index in [1.54, 1.807) is 6.20 Å². The van der Waals surface area contributed by atoms with Crippen molar-refractivity contribution in [3.63, 3.8) is 0 Å². The Labute approximate surface area is 164 Å². The van der Waals surface area contributed by atoms with E-state index in [0.29, 0.717) is 18.7 Å². The molecule has 28 heavy (non-hydrogen) atoms. The number of aromatic nitrogens is 2. The number of amides is 1. The Hall–Kier alpha value is -3.21. The summed E-state index contributed by atoms with van der Waals surface area (Å²) < 4.78 is 1.91. The number of carbonyl (C=O) groups is 2. The number of rotatable bonds is 4. The van der Waals surface area contributed by atoms with Gasteiger partial charge in [-0.25, -0.2) is 4.98 Å². The van der Waals surface area contributed by atoms with E-state index in [9.17, 15) is 9.59 Å². The molecule has 1 aromatic heterocycles. The molecule has 1 aliphatic heterocycles. The summed E-state index contributed by atoms with van der Waals surface area (Å²) in [6.45, 7) is 1.13. The van der Waals surface area contributed by atoms with Gasteiger partial charge in [0.1, 0.15) is 5.82 Å². The topological polar surface area (TPSA) is 55.2 Å². The lowest BCUT2D eigenvalue weighted by Crippen LogP contribution is -2.42. The smallest absolute Gasteiger partial charge is 0.254 e. The predicted octanol–water partition coefficient (Wildman–Crippen LogP) is 3.82. The van der Waals surface area contributed by atoms with Gasteiger partial charge >= 0.3 is 0 Å². The maximum absolute atomic E-state index is 13.3. The Balaban J connectivity index is 1.58. The molecule has 1 aliphatic rings. The van der Waals surface area contributed by atoms with Gasteiger partial charge in [-0.3, -0.25) is 9.59 Å². The van der Waals surface area contributed by atoms with Crippen molar-refractivity contribution in [1.29, 1.82) is 0 Å². The van der Waals surface area contributed by atoms with Crippen LogP contribution >= 0.6 is 0 Å². The number of hydrogen-bond donors (Lipinski definition) is 0. The molecule has 0 bridgehead atoms. The Morgan fingerprint density at radius 1 is 1.04 bits per heavy atom. The van der Waals surface area contributed by atoms with Crippen molar-refractivity contribution in [1.82, 2.24) is 14.5 Å². The van der Waals surface area contributed by atoms with Gasteiger partial charge in [0.05, 0.1) is 5.56 Å². The molecule has 5 heteroatoms. The fourth-order valence-corrected chi connectivity index (χ4v) is 3.87. The summed E-state index contributed by atoms with van der Waals surface area (Å²) in [5, 5.41) is 0. The minimum atomic E-state index is -0.152. The molecule has 0 saturated carbocycles. The maximum Gasteiger partial charge on any atom is 0.254 e. The first-order valence-corrected chi connectivity index (χ1v) is 9.60. The number of imidazole rings is 1. The summed E-state index contributed by atoms with van der Waals surface area (Å²) in [6.07, 6.45) is 5.25. The van der Waals surface area contributed by atoms with E-state index in [1.807, 2.05) is 77.3 Å². The van der Waals surface area contributed by atoms with Crippen molar-refractivity contribution in [2.24, 2.45) is 13.0 Å². The summed E-state index contributed by atoms with van der Waals surface area (Å²) in [5.74, 6) is 0.693. The van der Waals surface area contributed by atoms with Gasteiger partial charge in [0.15, 0.2) is 5.78 Å². The normalized spacial score (nSPS) is 16.8. The Kier molecular flexibility index (Phi) is 5.06. The molecule has 142 valence electrons. The highest BCUT2D eigenvalue weighted by Crippen LogP contribution is 2.26. The van der Waals surface area contributed by atoms with Crippen LogP contribution in [0.4, 0.5) is 0 Å². The number of benzene rings is 2. The molecular weight excluding hydrogens is 350 g/mol. The second-order valence-corrected chi connectivity index (χ2v) is 7.23. The van der Waals surface area contributed by atoms with E-state index in [4.69, 9.17) is 0 Å². The zero-order chi connectivity index (χ0) is 19.5. The average molecular weight is 373 g/mol. The highest BCUT2D eigenvalue weighted by atomic mass is 16.2. The number of ketones is 1. The second-order valence-electron chi connectivity index (χ2n) is 7.23. The molecule has 2 aromatic carbocycles. The van der Waals surface area contributed by atoms with E-state index in [-0.39, 0.29) is 17.6 Å². The first-order chi connectivity index (χ1) is 13.6. The number of aryl methyl sites for hydroxylation is 1. The standard InChI is InChI=1S/C23H23N3O2/c1-25-15-13-24-22(25)19-11-5-6-12-20(19)23(28)26-14-7-10-18(16-26)21(27)17-8-3-2-4-9-17/h2-6,8-9,11-13,15,18H,7,10,14,16H2,1H3/t18-/m0/s1. The van der Waals surface area contributed by atoms with Crippen molar-refractivity contribution in [2.75, 3.05) is 13.1 Å². The number of likely N-dealkylation sites (tertiary alicyclic amines) is 1. The molecule has 1 fully saturated rings. The third-order valence-electron chi connectivity index (χ3n) is 5.36. The van der Waals surface area contributed by atoms with E-state index in [1.165, 1.54) is 0 Å². The van der Waals surface area contributed by atoms with Crippen LogP contribution in [-0.4, -0.2) is 39.2 Å². The average Bonchev–Trinajstić information content (AvgIpc) is 3.19. The van der Waals surface area contributed by atoms with Gasteiger partial charge in [0.25, 0.3) is 5.91 Å². The highest BCUT2D eigenvalue weighted by Gasteiger charge is 2.30. The Morgan fingerprint density at radius 3 is 2.54 bits per heavy atom. The summed E-state index contributed by atoms with van der Waals surface area (Å²) in [5.41, 5.74) is 2.16. The maximum atomic E-state index is 13.3. The van der Waals surface area contributed by atoms with Gasteiger partial charge in [-0.15, -0.1) is 0 Å². The Bertz CT molecular complexity index is 994. The number of piperidine rings is 1. The third kappa shape index (κ3) is 3.48. The molecule has 3 aromatic rings. The zero-order valence-corrected chi connectivity index (χ0v) is 15.9. The molecule has 0 N–H and O–H groups in total. The first-order valence-electron chi connectivity index (χ1n) is 9.60. The van der Waals surface area contributed by atoms with Crippen LogP contribution in [0.2, 0.25) is 0 Å². The lowest BCUT2D eigenvalue weighted by atomic mass is 9.89. The van der Waals surface area contributed by atoms with Crippen LogP contribution in [0, 0.1) is 5.92 Å². The molecule has 5 nitrogen and oxygen atoms in total. The molecule has 1 atom stereocenters. The van der Waals surface area contributed by atoms with Gasteiger partial charge < -0.3 is 9.47 Å². The Morgan fingerprint density at radius 2 is 1.79 bits per heavy atom. The summed E-state index contributed by atoms with van der Waals surface area (Å²) in [4.78, 5) is 32.4. The molecule has 0 aliphatic carbocycles. The lowest BCUT2D eigenvalue weighted by Gasteiger charge is -2.32. The van der Waals surface area contributed by atoms with Crippen LogP contribution in [0.25, 0.3) is 11.4 Å². The van der Waals surface area contributed by atoms with Crippen molar-refractivity contribution < 1.29 is 9.59 Å². The lowest BCUT2D eigenvalue weighted by molar-refractivity contribution is 0.0637. The first kappa shape index (κ1) is 18.2. The van der Waals surface area contributed by atoms with Crippen LogP contribution in [-0.2, 0) is 7.05 Å². The van der Waals surface area contributed by atoms with Crippen LogP contribution in [0.15, 0.2) is 67.0 Å². The van der Waals surface area contributed by atoms with E-state index < -0.39 is 0 Å². The van der Waals surface area contributed by atoms with E-state index in [2.05, 4.69) is 4.98 Å². The number of carbonyl (C=O) groups excluding carboxylic acids is 2. The van der Waals surface area contributed by atoms with Crippen LogP contribution in [0.3, 0.4) is 0 Å². The summed E-state index contributed by atoms with van der Waals surface area (Å²) in [7, 11) is 1.92. The molecule has 0 radical (unpaired) electrons. The van der Waals surface area contributed by atoms with Crippen molar-refractivity contribution in [3.05, 3.63) is 78.1 Å². The van der Waals surface area contributed by atoms with E-state index >= 15 is 0 Å². The van der Waals surface area contributed by atoms with Gasteiger partial charge in [-0.05, 0) is 18.9 Å². The number of Topliss-reactive ketones (excluding diaryl/α,β-unsaturated/α-hetero) is 1. The van der Waals surface area contributed by atoms with Crippen molar-refractivity contribution >= 4 is 11.7 Å². The monoisotopic (exact) mass is 373 g/mol. The van der Waals surface area contributed by atoms with Crippen LogP contribution < -0.4 is 0 Å². The summed E-state index contributed by atoms with van der Waals surface area (Å²) >= 11 is 0. The minimum Gasteiger partial charge on any atom is -0.338 e. The molecule has 0 spiro atoms. The minimum absolute atomic E-state index is 0.0378. The largest absolute Gasteiger partial charge is 0.338 e. The molecule has 1 amide bonds. The fraction of sp³-hybridized carbons (Fsp3) is 0.261. The molecule has 1 saturated heterocycles. The molecule has 4 rings (SSSR count). The predicted molar refractivity (Wildman–Crippen MR) is 108 cm³/mol. The van der Waals surface area contributed by atoms with Crippen LogP contribution in [0.1, 0.15) is 33.6 Å². The van der Waals surface area contributed by atoms with Gasteiger partial charge in [-0.1, -0.05) is 48.5 Å². The zero-order valence-electron chi connectivity index (χ0n) is 15.9. The highest BCUT2D eigenvalue weighted by molar-refractivity contribution is 6.01. The van der Waals surface area contributed by atoms with E-state index in [0.717, 1.165) is 29.8 Å². The van der Waals surface area contributed by atoms with Gasteiger partial charge in [0.2, 0.25) is 0 Å². The van der Waals surface area contributed by atoms with Crippen LogP contribution in [0.5, 0.6) is 0 Å². The number of nitrogens with zero attached hydrogens (tertiary/aromatic N) is 3. The SMILES string of the molecule is Cn1ccnc1-c1ccccc1C(=O)N1CCC[C@H](C(=O)c2ccccc2)C1. The molecular formula is C23H23N3O2. The summed E-state index contributed by atoms with van der Waals surface area (Å²) in [6, 6.07) is 16.9. The quantitative estimate of drug-likeness (QED) is 0.653. The van der Waals surface area contributed by atoms with Gasteiger partial charge in [-0.2, -0.15) is 0 Å². The second kappa shape index (κ2) is 7.80. The van der Waals surface area contributed by atoms with Gasteiger partial charge in [0, 0.05) is 49.6 Å². The van der Waals surface area contributed by atoms with Crippen molar-refractivity contribution in [2.45, 2.75) is 12.8 Å². The third-order valence-corrected chi connectivity index (χ3v) is 5.36. The molecule has 2 heterocycles. The molecule has 0 unspecified atom stereocenters. The van der Waals surface area contributed by atoms with Crippen molar-refractivity contribution in [3.8, 4) is 11.4 Å². The number of hydrogen-bond acceptors (Lipinski definition) is 3. The fourth-order valence-electron chi connectivity index (χ4n) is 3.87.